The van der Waals surface area contributed by atoms with Gasteiger partial charge in [-0.15, -0.1) is 0 Å². The summed E-state index contributed by atoms with van der Waals surface area (Å²) in [4.78, 5) is 17.3. The van der Waals surface area contributed by atoms with E-state index in [1.165, 1.54) is 19.3 Å². The number of carbonyl (C=O) groups excluding carboxylic acids is 1. The summed E-state index contributed by atoms with van der Waals surface area (Å²) >= 11 is 0. The maximum absolute atomic E-state index is 12.7. The molecular formula is C21H25N5O2. The minimum atomic E-state index is -0.0978. The van der Waals surface area contributed by atoms with Crippen LogP contribution in [0.25, 0.3) is 5.65 Å². The van der Waals surface area contributed by atoms with Crippen LogP contribution in [-0.2, 0) is 6.54 Å². The molecule has 2 N–H and O–H groups in total. The Labute approximate surface area is 164 Å². The van der Waals surface area contributed by atoms with Gasteiger partial charge in [0.1, 0.15) is 17.1 Å². The summed E-state index contributed by atoms with van der Waals surface area (Å²) < 4.78 is 6.89. The lowest BCUT2D eigenvalue weighted by molar-refractivity contribution is 0.0929. The van der Waals surface area contributed by atoms with Crippen molar-refractivity contribution in [2.75, 3.05) is 12.4 Å². The molecule has 1 amide bonds. The first-order valence-corrected chi connectivity index (χ1v) is 9.75. The van der Waals surface area contributed by atoms with Gasteiger partial charge in [-0.1, -0.05) is 31.4 Å². The van der Waals surface area contributed by atoms with Gasteiger partial charge in [0, 0.05) is 18.8 Å². The highest BCUT2D eigenvalue weighted by Crippen LogP contribution is 2.19. The van der Waals surface area contributed by atoms with Crippen LogP contribution in [0.15, 0.2) is 42.7 Å². The molecule has 0 spiro atoms. The maximum Gasteiger partial charge on any atom is 0.256 e. The van der Waals surface area contributed by atoms with Gasteiger partial charge in [0.25, 0.3) is 5.91 Å². The number of aromatic nitrogens is 3. The van der Waals surface area contributed by atoms with Crippen LogP contribution in [0, 0.1) is 0 Å². The zero-order chi connectivity index (χ0) is 19.3. The lowest BCUT2D eigenvalue weighted by Crippen LogP contribution is -2.36. The summed E-state index contributed by atoms with van der Waals surface area (Å²) in [5.74, 6) is 1.42. The molecular weight excluding hydrogens is 354 g/mol. The van der Waals surface area contributed by atoms with Crippen molar-refractivity contribution >= 4 is 17.4 Å². The summed E-state index contributed by atoms with van der Waals surface area (Å²) in [5.41, 5.74) is 2.16. The molecule has 0 bridgehead atoms. The van der Waals surface area contributed by atoms with E-state index >= 15 is 0 Å². The number of methoxy groups -OCH3 is 1. The first-order chi connectivity index (χ1) is 13.7. The SMILES string of the molecule is COc1cccc(CNc2ccn3ncc(C(=O)NC4CCCCC4)c3n2)c1. The summed E-state index contributed by atoms with van der Waals surface area (Å²) in [6, 6.07) is 9.98. The highest BCUT2D eigenvalue weighted by atomic mass is 16.5. The lowest BCUT2D eigenvalue weighted by Gasteiger charge is -2.22. The van der Waals surface area contributed by atoms with E-state index in [0.717, 1.165) is 24.2 Å². The second-order valence-electron chi connectivity index (χ2n) is 7.15. The number of ether oxygens (including phenoxy) is 1. The molecule has 7 nitrogen and oxygen atoms in total. The molecule has 4 rings (SSSR count). The Bertz CT molecular complexity index is 962. The second-order valence-corrected chi connectivity index (χ2v) is 7.15. The monoisotopic (exact) mass is 379 g/mol. The Morgan fingerprint density at radius 3 is 2.93 bits per heavy atom. The number of anilines is 1. The Balaban J connectivity index is 1.48. The summed E-state index contributed by atoms with van der Waals surface area (Å²) in [6.45, 7) is 0.609. The van der Waals surface area contributed by atoms with Crippen LogP contribution >= 0.6 is 0 Å². The highest BCUT2D eigenvalue weighted by molar-refractivity contribution is 5.99. The maximum atomic E-state index is 12.7. The van der Waals surface area contributed by atoms with Gasteiger partial charge in [0.05, 0.1) is 13.3 Å². The molecule has 28 heavy (non-hydrogen) atoms. The number of nitrogens with zero attached hydrogens (tertiary/aromatic N) is 3. The molecule has 0 atom stereocenters. The normalized spacial score (nSPS) is 14.8. The van der Waals surface area contributed by atoms with E-state index in [9.17, 15) is 4.79 Å². The van der Waals surface area contributed by atoms with Crippen molar-refractivity contribution in [2.45, 2.75) is 44.7 Å². The molecule has 1 aliphatic carbocycles. The molecule has 3 aromatic rings. The number of benzene rings is 1. The molecule has 1 saturated carbocycles. The Kier molecular flexibility index (Phi) is 5.41. The smallest absolute Gasteiger partial charge is 0.256 e. The van der Waals surface area contributed by atoms with Crippen molar-refractivity contribution in [1.82, 2.24) is 19.9 Å². The van der Waals surface area contributed by atoms with Gasteiger partial charge < -0.3 is 15.4 Å². The Morgan fingerprint density at radius 1 is 1.25 bits per heavy atom. The van der Waals surface area contributed by atoms with Crippen molar-refractivity contribution in [3.63, 3.8) is 0 Å². The number of fused-ring (bicyclic) bond motifs is 1. The summed E-state index contributed by atoms with van der Waals surface area (Å²) in [7, 11) is 1.65. The number of hydrogen-bond acceptors (Lipinski definition) is 5. The predicted molar refractivity (Wildman–Crippen MR) is 108 cm³/mol. The average molecular weight is 379 g/mol. The fraction of sp³-hybridized carbons (Fsp3) is 0.381. The van der Waals surface area contributed by atoms with Crippen LogP contribution in [-0.4, -0.2) is 33.7 Å². The molecule has 2 heterocycles. The van der Waals surface area contributed by atoms with E-state index in [4.69, 9.17) is 4.74 Å². The number of nitrogens with one attached hydrogen (secondary N) is 2. The molecule has 0 saturated heterocycles. The van der Waals surface area contributed by atoms with E-state index in [1.807, 2.05) is 36.5 Å². The molecule has 1 aliphatic rings. The third-order valence-corrected chi connectivity index (χ3v) is 5.16. The van der Waals surface area contributed by atoms with E-state index in [0.29, 0.717) is 23.6 Å². The highest BCUT2D eigenvalue weighted by Gasteiger charge is 2.20. The lowest BCUT2D eigenvalue weighted by atomic mass is 9.95. The number of carbonyl (C=O) groups is 1. The zero-order valence-corrected chi connectivity index (χ0v) is 16.0. The predicted octanol–water partition coefficient (Wildman–Crippen LogP) is 3.41. The fourth-order valence-electron chi connectivity index (χ4n) is 3.61. The van der Waals surface area contributed by atoms with Crippen LogP contribution in [0.4, 0.5) is 5.82 Å². The topological polar surface area (TPSA) is 80.5 Å². The van der Waals surface area contributed by atoms with Crippen LogP contribution in [0.1, 0.15) is 48.0 Å². The van der Waals surface area contributed by atoms with Crippen molar-refractivity contribution in [3.05, 3.63) is 53.9 Å². The molecule has 1 fully saturated rings. The van der Waals surface area contributed by atoms with Crippen molar-refractivity contribution in [1.29, 1.82) is 0 Å². The third-order valence-electron chi connectivity index (χ3n) is 5.16. The van der Waals surface area contributed by atoms with Crippen LogP contribution in [0.5, 0.6) is 5.75 Å². The minimum absolute atomic E-state index is 0.0978. The van der Waals surface area contributed by atoms with Gasteiger partial charge in [-0.3, -0.25) is 4.79 Å². The van der Waals surface area contributed by atoms with E-state index in [2.05, 4.69) is 20.7 Å². The Morgan fingerprint density at radius 2 is 2.11 bits per heavy atom. The molecule has 0 aliphatic heterocycles. The van der Waals surface area contributed by atoms with E-state index < -0.39 is 0 Å². The van der Waals surface area contributed by atoms with Gasteiger partial charge in [-0.25, -0.2) is 9.50 Å². The van der Waals surface area contributed by atoms with Crippen LogP contribution in [0.2, 0.25) is 0 Å². The first kappa shape index (κ1) is 18.3. The van der Waals surface area contributed by atoms with Crippen molar-refractivity contribution in [2.24, 2.45) is 0 Å². The van der Waals surface area contributed by atoms with Gasteiger partial charge in [0.15, 0.2) is 5.65 Å². The largest absolute Gasteiger partial charge is 0.497 e. The molecule has 2 aromatic heterocycles. The second kappa shape index (κ2) is 8.29. The van der Waals surface area contributed by atoms with Gasteiger partial charge in [-0.2, -0.15) is 5.10 Å². The number of amides is 1. The number of rotatable bonds is 6. The van der Waals surface area contributed by atoms with Gasteiger partial charge in [0.2, 0.25) is 0 Å². The molecule has 146 valence electrons. The molecule has 7 heteroatoms. The molecule has 0 radical (unpaired) electrons. The zero-order valence-electron chi connectivity index (χ0n) is 16.0. The molecule has 0 unspecified atom stereocenters. The molecule has 1 aromatic carbocycles. The van der Waals surface area contributed by atoms with Crippen LogP contribution in [0.3, 0.4) is 0 Å². The quantitative estimate of drug-likeness (QED) is 0.686. The fourth-order valence-corrected chi connectivity index (χ4v) is 3.61. The summed E-state index contributed by atoms with van der Waals surface area (Å²) in [5, 5.41) is 10.7. The van der Waals surface area contributed by atoms with Gasteiger partial charge in [-0.05, 0) is 36.6 Å². The number of hydrogen-bond donors (Lipinski definition) is 2. The third kappa shape index (κ3) is 4.08. The van der Waals surface area contributed by atoms with Crippen molar-refractivity contribution in [3.8, 4) is 5.75 Å². The van der Waals surface area contributed by atoms with Crippen molar-refractivity contribution < 1.29 is 9.53 Å². The van der Waals surface area contributed by atoms with Gasteiger partial charge >= 0.3 is 0 Å². The first-order valence-electron chi connectivity index (χ1n) is 9.75. The van der Waals surface area contributed by atoms with E-state index in [1.54, 1.807) is 17.8 Å². The Hall–Kier alpha value is -3.09. The average Bonchev–Trinajstić information content (AvgIpc) is 3.16. The minimum Gasteiger partial charge on any atom is -0.497 e. The summed E-state index contributed by atoms with van der Waals surface area (Å²) in [6.07, 6.45) is 9.11. The van der Waals surface area contributed by atoms with Crippen LogP contribution < -0.4 is 15.4 Å². The standard InChI is InChI=1S/C21H25N5O2/c1-28-17-9-5-6-15(12-17)13-22-19-10-11-26-20(25-19)18(14-23-26)21(27)24-16-7-3-2-4-8-16/h5-6,9-12,14,16H,2-4,7-8,13H2,1H3,(H,22,25)(H,24,27). The van der Waals surface area contributed by atoms with E-state index in [-0.39, 0.29) is 11.9 Å².